The highest BCUT2D eigenvalue weighted by Crippen LogP contribution is 2.25. The van der Waals surface area contributed by atoms with E-state index in [1.54, 1.807) is 18.5 Å². The van der Waals surface area contributed by atoms with Crippen molar-refractivity contribution in [3.8, 4) is 22.8 Å². The molecule has 140 valence electrons. The Balaban J connectivity index is 1.62. The van der Waals surface area contributed by atoms with E-state index in [9.17, 15) is 10.1 Å². The Morgan fingerprint density at radius 1 is 1.07 bits per heavy atom. The van der Waals surface area contributed by atoms with Crippen LogP contribution in [0.3, 0.4) is 0 Å². The number of rotatable bonds is 5. The van der Waals surface area contributed by atoms with Gasteiger partial charge in [0.1, 0.15) is 11.4 Å². The van der Waals surface area contributed by atoms with Crippen LogP contribution in [-0.2, 0) is 6.54 Å². The van der Waals surface area contributed by atoms with Crippen molar-refractivity contribution in [3.05, 3.63) is 81.7 Å². The molecule has 0 aliphatic heterocycles. The molecule has 8 heteroatoms. The molecule has 0 fully saturated rings. The molecule has 4 rings (SSSR count). The van der Waals surface area contributed by atoms with E-state index in [1.807, 2.05) is 54.6 Å². The molecule has 28 heavy (non-hydrogen) atoms. The molecule has 8 nitrogen and oxygen atoms in total. The third-order valence-corrected chi connectivity index (χ3v) is 4.49. The van der Waals surface area contributed by atoms with Crippen LogP contribution in [0.5, 0.6) is 0 Å². The Bertz CT molecular complexity index is 1150. The summed E-state index contributed by atoms with van der Waals surface area (Å²) in [5.74, 6) is 0.940. The van der Waals surface area contributed by atoms with Crippen LogP contribution in [-0.4, -0.2) is 24.8 Å². The fraction of sp³-hybridized carbons (Fsp3) is 0.150. The van der Waals surface area contributed by atoms with E-state index in [0.717, 1.165) is 16.7 Å². The van der Waals surface area contributed by atoms with Gasteiger partial charge in [0, 0.05) is 11.1 Å². The summed E-state index contributed by atoms with van der Waals surface area (Å²) < 4.78 is 7.05. The van der Waals surface area contributed by atoms with E-state index < -0.39 is 4.92 Å². The predicted octanol–water partition coefficient (Wildman–Crippen LogP) is 4.17. The second-order valence-electron chi connectivity index (χ2n) is 6.42. The zero-order valence-corrected chi connectivity index (χ0v) is 15.4. The van der Waals surface area contributed by atoms with Crippen molar-refractivity contribution in [2.75, 3.05) is 0 Å². The van der Waals surface area contributed by atoms with Gasteiger partial charge in [-0.25, -0.2) is 0 Å². The van der Waals surface area contributed by atoms with Gasteiger partial charge in [-0.15, -0.1) is 0 Å². The molecule has 2 heterocycles. The lowest BCUT2D eigenvalue weighted by atomic mass is 10.1. The van der Waals surface area contributed by atoms with Gasteiger partial charge in [0.25, 0.3) is 5.89 Å². The number of hydrogen-bond acceptors (Lipinski definition) is 6. The summed E-state index contributed by atoms with van der Waals surface area (Å²) in [5, 5.41) is 19.5. The van der Waals surface area contributed by atoms with Crippen molar-refractivity contribution in [1.29, 1.82) is 0 Å². The number of aryl methyl sites for hydroxylation is 1. The number of hydrogen-bond donors (Lipinski definition) is 0. The second kappa shape index (κ2) is 7.07. The Hall–Kier alpha value is -3.81. The van der Waals surface area contributed by atoms with E-state index in [4.69, 9.17) is 4.52 Å². The summed E-state index contributed by atoms with van der Waals surface area (Å²) in [5.41, 5.74) is 3.57. The summed E-state index contributed by atoms with van der Waals surface area (Å²) in [6.45, 7) is 3.75. The summed E-state index contributed by atoms with van der Waals surface area (Å²) in [4.78, 5) is 15.3. The third kappa shape index (κ3) is 3.27. The maximum absolute atomic E-state index is 11.2. The Labute approximate surface area is 160 Å². The Morgan fingerprint density at radius 2 is 1.82 bits per heavy atom. The number of nitro groups is 1. The quantitative estimate of drug-likeness (QED) is 0.383. The van der Waals surface area contributed by atoms with Crippen molar-refractivity contribution in [1.82, 2.24) is 19.9 Å². The maximum Gasteiger partial charge on any atom is 0.312 e. The molecule has 0 saturated carbocycles. The standard InChI is InChI=1S/C20H17N5O3/c1-13-18(25(26)27)14(2)24(22-13)12-15-7-6-10-17(11-15)20-21-19(23-28-20)16-8-4-3-5-9-16/h3-11H,12H2,1-2H3. The van der Waals surface area contributed by atoms with E-state index in [2.05, 4.69) is 15.2 Å². The molecule has 0 atom stereocenters. The van der Waals surface area contributed by atoms with E-state index >= 15 is 0 Å². The molecule has 0 saturated heterocycles. The maximum atomic E-state index is 11.2. The first-order chi connectivity index (χ1) is 13.5. The van der Waals surface area contributed by atoms with Crippen LogP contribution in [0.1, 0.15) is 17.0 Å². The first-order valence-corrected chi connectivity index (χ1v) is 8.70. The fourth-order valence-electron chi connectivity index (χ4n) is 3.13. The van der Waals surface area contributed by atoms with Gasteiger partial charge in [-0.05, 0) is 31.5 Å². The molecule has 2 aromatic heterocycles. The first-order valence-electron chi connectivity index (χ1n) is 8.70. The first kappa shape index (κ1) is 17.6. The summed E-state index contributed by atoms with van der Waals surface area (Å²) >= 11 is 0. The van der Waals surface area contributed by atoms with Crippen LogP contribution in [0.25, 0.3) is 22.8 Å². The average molecular weight is 375 g/mol. The minimum absolute atomic E-state index is 0.0561. The van der Waals surface area contributed by atoms with Crippen LogP contribution in [0.2, 0.25) is 0 Å². The molecule has 0 N–H and O–H groups in total. The Kier molecular flexibility index (Phi) is 4.44. The smallest absolute Gasteiger partial charge is 0.312 e. The lowest BCUT2D eigenvalue weighted by molar-refractivity contribution is -0.386. The molecular formula is C20H17N5O3. The minimum Gasteiger partial charge on any atom is -0.334 e. The van der Waals surface area contributed by atoms with Gasteiger partial charge in [-0.3, -0.25) is 14.8 Å². The molecule has 0 radical (unpaired) electrons. The van der Waals surface area contributed by atoms with Gasteiger partial charge >= 0.3 is 5.69 Å². The molecule has 0 spiro atoms. The van der Waals surface area contributed by atoms with Crippen molar-refractivity contribution < 1.29 is 9.45 Å². The Morgan fingerprint density at radius 3 is 2.54 bits per heavy atom. The van der Waals surface area contributed by atoms with Gasteiger partial charge in [0.05, 0.1) is 11.5 Å². The van der Waals surface area contributed by atoms with Crippen molar-refractivity contribution in [3.63, 3.8) is 0 Å². The second-order valence-corrected chi connectivity index (χ2v) is 6.42. The highest BCUT2D eigenvalue weighted by atomic mass is 16.6. The fourth-order valence-corrected chi connectivity index (χ4v) is 3.13. The van der Waals surface area contributed by atoms with Gasteiger partial charge in [-0.2, -0.15) is 10.1 Å². The predicted molar refractivity (Wildman–Crippen MR) is 103 cm³/mol. The summed E-state index contributed by atoms with van der Waals surface area (Å²) in [6, 6.07) is 17.2. The molecule has 4 aromatic rings. The number of benzene rings is 2. The van der Waals surface area contributed by atoms with Crippen LogP contribution < -0.4 is 0 Å². The van der Waals surface area contributed by atoms with Crippen LogP contribution >= 0.6 is 0 Å². The highest BCUT2D eigenvalue weighted by Gasteiger charge is 2.21. The highest BCUT2D eigenvalue weighted by molar-refractivity contribution is 5.60. The lowest BCUT2D eigenvalue weighted by Crippen LogP contribution is -2.04. The molecule has 0 bridgehead atoms. The average Bonchev–Trinajstić information content (AvgIpc) is 3.28. The SMILES string of the molecule is Cc1nn(Cc2cccc(-c3nc(-c4ccccc4)no3)c2)c(C)c1[N+](=O)[O-]. The molecule has 0 aliphatic rings. The molecule has 0 amide bonds. The van der Waals surface area contributed by atoms with Crippen molar-refractivity contribution >= 4 is 5.69 Å². The minimum atomic E-state index is -0.395. The van der Waals surface area contributed by atoms with E-state index in [1.165, 1.54) is 0 Å². The molecule has 2 aromatic carbocycles. The van der Waals surface area contributed by atoms with Gasteiger partial charge in [0.2, 0.25) is 5.82 Å². The summed E-state index contributed by atoms with van der Waals surface area (Å²) in [7, 11) is 0. The van der Waals surface area contributed by atoms with Crippen LogP contribution in [0.4, 0.5) is 5.69 Å². The van der Waals surface area contributed by atoms with E-state index in [-0.39, 0.29) is 5.69 Å². The normalized spacial score (nSPS) is 10.9. The molecule has 0 unspecified atom stereocenters. The molecule has 0 aliphatic carbocycles. The number of nitrogens with zero attached hydrogens (tertiary/aromatic N) is 5. The monoisotopic (exact) mass is 375 g/mol. The van der Waals surface area contributed by atoms with Gasteiger partial charge < -0.3 is 4.52 Å². The van der Waals surface area contributed by atoms with Gasteiger partial charge in [0.15, 0.2) is 0 Å². The zero-order chi connectivity index (χ0) is 19.7. The van der Waals surface area contributed by atoms with Crippen LogP contribution in [0.15, 0.2) is 59.1 Å². The van der Waals surface area contributed by atoms with Crippen molar-refractivity contribution in [2.24, 2.45) is 0 Å². The topological polar surface area (TPSA) is 99.9 Å². The van der Waals surface area contributed by atoms with Crippen LogP contribution in [0, 0.1) is 24.0 Å². The zero-order valence-electron chi connectivity index (χ0n) is 15.4. The number of aromatic nitrogens is 4. The lowest BCUT2D eigenvalue weighted by Gasteiger charge is -2.05. The largest absolute Gasteiger partial charge is 0.334 e. The summed E-state index contributed by atoms with van der Waals surface area (Å²) in [6.07, 6.45) is 0. The van der Waals surface area contributed by atoms with Crippen molar-refractivity contribution in [2.45, 2.75) is 20.4 Å². The third-order valence-electron chi connectivity index (χ3n) is 4.49. The van der Waals surface area contributed by atoms with E-state index in [0.29, 0.717) is 29.6 Å². The van der Waals surface area contributed by atoms with Gasteiger partial charge in [-0.1, -0.05) is 47.6 Å². The molecular weight excluding hydrogens is 358 g/mol.